The summed E-state index contributed by atoms with van der Waals surface area (Å²) in [6, 6.07) is 1.86. The number of likely N-dealkylation sites (tertiary alicyclic amines) is 1. The van der Waals surface area contributed by atoms with Crippen molar-refractivity contribution in [2.24, 2.45) is 23.1 Å². The lowest BCUT2D eigenvalue weighted by atomic mass is 10.0. The van der Waals surface area contributed by atoms with Crippen LogP contribution in [-0.4, -0.2) is 177 Å². The van der Waals surface area contributed by atoms with Gasteiger partial charge in [-0.1, -0.05) is 62.4 Å². The number of aromatic nitrogens is 1. The number of para-hydroxylation sites is 1. The van der Waals surface area contributed by atoms with Crippen molar-refractivity contribution >= 4 is 87.7 Å². The average Bonchev–Trinajstić information content (AvgIpc) is 4.22. The largest absolute Gasteiger partial charge is 0.391 e. The number of primary amides is 3. The Morgan fingerprint density at radius 3 is 1.77 bits per heavy atom. The summed E-state index contributed by atoms with van der Waals surface area (Å²) in [5.41, 5.74) is 18.0. The van der Waals surface area contributed by atoms with Crippen LogP contribution in [0.4, 0.5) is 0 Å². The quantitative estimate of drug-likeness (QED) is 0.0308. The second kappa shape index (κ2) is 29.5. The number of H-pyrrole nitrogens is 1. The minimum absolute atomic E-state index is 0.0135. The Bertz CT molecular complexity index is 2880. The molecule has 29 heteroatoms. The van der Waals surface area contributed by atoms with Gasteiger partial charge in [0.25, 0.3) is 0 Å². The van der Waals surface area contributed by atoms with E-state index >= 15 is 0 Å². The molecule has 2 saturated heterocycles. The lowest BCUT2D eigenvalue weighted by Gasteiger charge is -2.32. The number of nitrogens with one attached hydrogen (secondary N) is 10. The van der Waals surface area contributed by atoms with E-state index in [0.717, 1.165) is 4.90 Å². The molecule has 444 valence electrons. The normalized spacial score (nSPS) is 18.1. The lowest BCUT2D eigenvalue weighted by Crippen LogP contribution is -2.62. The van der Waals surface area contributed by atoms with Crippen LogP contribution in [0.3, 0.4) is 0 Å². The molecule has 5 rings (SSSR count). The summed E-state index contributed by atoms with van der Waals surface area (Å²) in [7, 11) is 0. The Morgan fingerprint density at radius 2 is 1.20 bits per heavy atom. The molecule has 2 aromatic carbocycles. The molecular weight excluding hydrogens is 1070 g/mol. The number of carbonyl (C=O) groups is 13. The number of benzene rings is 2. The zero-order valence-electron chi connectivity index (χ0n) is 45.7. The molecule has 82 heavy (non-hydrogen) atoms. The van der Waals surface area contributed by atoms with E-state index in [-0.39, 0.29) is 51.0 Å². The summed E-state index contributed by atoms with van der Waals surface area (Å²) in [4.78, 5) is 177. The van der Waals surface area contributed by atoms with E-state index in [1.165, 1.54) is 13.8 Å². The number of aliphatic hydroxyl groups excluding tert-OH is 2. The van der Waals surface area contributed by atoms with Crippen LogP contribution in [0.15, 0.2) is 60.8 Å². The molecule has 2 fully saturated rings. The third-order valence-corrected chi connectivity index (χ3v) is 13.7. The Morgan fingerprint density at radius 1 is 0.622 bits per heavy atom. The summed E-state index contributed by atoms with van der Waals surface area (Å²) in [6.07, 6.45) is -3.00. The first kappa shape index (κ1) is 63.8. The number of nitrogens with zero attached hydrogens (tertiary/aromatic N) is 1. The summed E-state index contributed by atoms with van der Waals surface area (Å²) < 4.78 is 0. The van der Waals surface area contributed by atoms with E-state index < -0.39 is 163 Å². The molecule has 29 nitrogen and oxygen atoms in total. The van der Waals surface area contributed by atoms with Crippen LogP contribution in [0.5, 0.6) is 0 Å². The number of amides is 13. The van der Waals surface area contributed by atoms with E-state index in [1.54, 1.807) is 74.6 Å². The molecule has 3 aromatic rings. The molecule has 0 spiro atoms. The summed E-state index contributed by atoms with van der Waals surface area (Å²) in [5, 5.41) is 43.6. The molecule has 18 N–H and O–H groups in total. The van der Waals surface area contributed by atoms with Crippen LogP contribution in [0.1, 0.15) is 77.3 Å². The molecule has 1 aromatic heterocycles. The first-order valence-electron chi connectivity index (χ1n) is 26.5. The number of rotatable bonds is 29. The zero-order chi connectivity index (χ0) is 60.5. The van der Waals surface area contributed by atoms with Gasteiger partial charge in [-0.3, -0.25) is 62.3 Å². The molecule has 0 bridgehead atoms. The van der Waals surface area contributed by atoms with E-state index in [1.807, 2.05) is 0 Å². The first-order chi connectivity index (χ1) is 38.7. The van der Waals surface area contributed by atoms with Gasteiger partial charge in [0.2, 0.25) is 76.8 Å². The third kappa shape index (κ3) is 18.0. The number of hydrogen-bond acceptors (Lipinski definition) is 15. The van der Waals surface area contributed by atoms with Gasteiger partial charge < -0.3 is 85.1 Å². The molecule has 0 saturated carbocycles. The first-order valence-corrected chi connectivity index (χ1v) is 26.5. The van der Waals surface area contributed by atoms with Crippen molar-refractivity contribution in [1.29, 1.82) is 0 Å². The molecule has 0 aliphatic carbocycles. The molecular formula is C53H72N14O15. The number of nitrogens with two attached hydrogens (primary N) is 3. The Hall–Kier alpha value is -8.99. The van der Waals surface area contributed by atoms with Gasteiger partial charge in [-0.05, 0) is 56.2 Å². The lowest BCUT2D eigenvalue weighted by molar-refractivity contribution is -0.145. The van der Waals surface area contributed by atoms with E-state index in [0.29, 0.717) is 22.0 Å². The van der Waals surface area contributed by atoms with E-state index in [9.17, 15) is 72.5 Å². The standard InChI is InChI=1S/C53H72N14O15/c1-25(2)42(65-47(76)32-16-17-40(72)59-32)52(81)63-36(22-39(55)71)49(78)60-33(19-28-11-6-5-7-12-28)50(79)66-44(27(4)69)53(82)67-18-10-15-37(67)51(80)62-35(21-38(54)70)48(77)61-34(20-29-23-57-31-14-9-8-13-30(29)31)46(75)58-24-41(73)64-43(26(3)68)45(56)74/h5-9,11-14,23,25-27,32-37,42-44,57,68-69H,10,15-22,24H2,1-4H3,(H2,54,70)(H2,55,71)(H2,56,74)(H,58,75)(H,59,72)(H,60,78)(H,61,77)(H,62,80)(H,63,81)(H,64,73)(H,65,76)(H,66,79)/t26-,27-,32+,33+,34+,35+,36+,37+,42+,43+,44+/m1/s1. The zero-order valence-corrected chi connectivity index (χ0v) is 45.7. The molecule has 13 amide bonds. The monoisotopic (exact) mass is 1140 g/mol. The summed E-state index contributed by atoms with van der Waals surface area (Å²) in [5.74, 6) is -12.6. The van der Waals surface area contributed by atoms with Gasteiger partial charge in [-0.15, -0.1) is 0 Å². The number of hydrogen-bond donors (Lipinski definition) is 15. The molecule has 3 heterocycles. The van der Waals surface area contributed by atoms with Crippen LogP contribution in [-0.2, 0) is 75.2 Å². The molecule has 2 aliphatic heterocycles. The number of aromatic amines is 1. The molecule has 11 atom stereocenters. The van der Waals surface area contributed by atoms with E-state index in [4.69, 9.17) is 17.2 Å². The summed E-state index contributed by atoms with van der Waals surface area (Å²) >= 11 is 0. The molecule has 2 aliphatic rings. The highest BCUT2D eigenvalue weighted by atomic mass is 16.3. The highest BCUT2D eigenvalue weighted by Gasteiger charge is 2.42. The SMILES string of the molecule is CC(C)[C@H](NC(=O)[C@@H]1CCC(=O)N1)C(=O)N[C@@H](CC(N)=O)C(=O)N[C@@H](Cc1ccccc1)C(=O)N[C@H](C(=O)N1CCC[C@H]1C(=O)N[C@@H](CC(N)=O)C(=O)N[C@@H](Cc1c[nH]c2ccccc12)C(=O)NCC(=O)N[C@H](C(N)=O)[C@@H](C)O)[C@@H](C)O. The predicted octanol–water partition coefficient (Wildman–Crippen LogP) is -5.61. The summed E-state index contributed by atoms with van der Waals surface area (Å²) in [6.45, 7) is 4.75. The van der Waals surface area contributed by atoms with Gasteiger partial charge >= 0.3 is 0 Å². The van der Waals surface area contributed by atoms with Gasteiger partial charge in [-0.2, -0.15) is 0 Å². The third-order valence-electron chi connectivity index (χ3n) is 13.7. The van der Waals surface area contributed by atoms with Gasteiger partial charge in [0, 0.05) is 42.9 Å². The van der Waals surface area contributed by atoms with Crippen molar-refractivity contribution in [2.45, 2.75) is 146 Å². The number of carbonyl (C=O) groups excluding carboxylic acids is 13. The predicted molar refractivity (Wildman–Crippen MR) is 290 cm³/mol. The van der Waals surface area contributed by atoms with Crippen molar-refractivity contribution in [1.82, 2.24) is 57.7 Å². The highest BCUT2D eigenvalue weighted by molar-refractivity contribution is 6.01. The fourth-order valence-electron chi connectivity index (χ4n) is 9.35. The topological polar surface area (TPSA) is 468 Å². The second-order valence-corrected chi connectivity index (χ2v) is 20.6. The van der Waals surface area contributed by atoms with Crippen molar-refractivity contribution in [3.8, 4) is 0 Å². The highest BCUT2D eigenvalue weighted by Crippen LogP contribution is 2.22. The Balaban J connectivity index is 1.33. The van der Waals surface area contributed by atoms with Crippen LogP contribution < -0.4 is 65.1 Å². The van der Waals surface area contributed by atoms with Gasteiger partial charge in [-0.25, -0.2) is 0 Å². The minimum atomic E-state index is -1.79. The van der Waals surface area contributed by atoms with E-state index in [2.05, 4.69) is 52.8 Å². The van der Waals surface area contributed by atoms with Crippen LogP contribution in [0.2, 0.25) is 0 Å². The van der Waals surface area contributed by atoms with Gasteiger partial charge in [0.05, 0.1) is 31.6 Å². The number of fused-ring (bicyclic) bond motifs is 1. The van der Waals surface area contributed by atoms with Gasteiger partial charge in [0.1, 0.15) is 54.4 Å². The fraction of sp³-hybridized carbons (Fsp3) is 0.491. The maximum atomic E-state index is 14.5. The fourth-order valence-corrected chi connectivity index (χ4v) is 9.35. The molecule has 0 radical (unpaired) electrons. The van der Waals surface area contributed by atoms with Crippen molar-refractivity contribution in [2.75, 3.05) is 13.1 Å². The Kier molecular flexibility index (Phi) is 22.9. The van der Waals surface area contributed by atoms with Gasteiger partial charge in [0.15, 0.2) is 0 Å². The minimum Gasteiger partial charge on any atom is -0.391 e. The van der Waals surface area contributed by atoms with Crippen LogP contribution in [0.25, 0.3) is 10.9 Å². The van der Waals surface area contributed by atoms with Crippen LogP contribution in [0, 0.1) is 5.92 Å². The maximum Gasteiger partial charge on any atom is 0.248 e. The average molecular weight is 1150 g/mol. The van der Waals surface area contributed by atoms with Crippen LogP contribution >= 0.6 is 0 Å². The maximum absolute atomic E-state index is 14.5. The van der Waals surface area contributed by atoms with Crippen molar-refractivity contribution in [3.63, 3.8) is 0 Å². The van der Waals surface area contributed by atoms with Crippen molar-refractivity contribution in [3.05, 3.63) is 71.9 Å². The Labute approximate surface area is 470 Å². The molecule has 0 unspecified atom stereocenters. The second-order valence-electron chi connectivity index (χ2n) is 20.6. The number of aliphatic hydroxyl groups is 2. The smallest absolute Gasteiger partial charge is 0.248 e. The van der Waals surface area contributed by atoms with Crippen molar-refractivity contribution < 1.29 is 72.5 Å².